The number of benzene rings is 7. The van der Waals surface area contributed by atoms with Gasteiger partial charge < -0.3 is 9.13 Å². The van der Waals surface area contributed by atoms with Crippen LogP contribution in [0.1, 0.15) is 25.0 Å². The number of hydrogen-bond donors (Lipinski definition) is 0. The zero-order chi connectivity index (χ0) is 31.3. The highest BCUT2D eigenvalue weighted by atomic mass is 15.0. The number of fused-ring (bicyclic) bond motifs is 9. The molecule has 1 aliphatic rings. The lowest BCUT2D eigenvalue weighted by molar-refractivity contribution is 0.660. The molecule has 2 heteroatoms. The second-order valence-corrected chi connectivity index (χ2v) is 13.4. The van der Waals surface area contributed by atoms with Crippen molar-refractivity contribution in [3.8, 4) is 33.6 Å². The van der Waals surface area contributed by atoms with E-state index in [2.05, 4.69) is 181 Å². The minimum absolute atomic E-state index is 0.0141. The fraction of sp³-hybridized carbons (Fsp3) is 0.0667. The molecule has 0 unspecified atom stereocenters. The van der Waals surface area contributed by atoms with Crippen molar-refractivity contribution < 1.29 is 0 Å². The van der Waals surface area contributed by atoms with Gasteiger partial charge in [-0.3, -0.25) is 0 Å². The predicted octanol–water partition coefficient (Wildman–Crippen LogP) is 11.9. The molecule has 0 fully saturated rings. The van der Waals surface area contributed by atoms with E-state index in [-0.39, 0.29) is 5.41 Å². The van der Waals surface area contributed by atoms with Crippen molar-refractivity contribution in [1.29, 1.82) is 0 Å². The molecule has 0 atom stereocenters. The molecule has 0 saturated heterocycles. The van der Waals surface area contributed by atoms with Crippen molar-refractivity contribution >= 4 is 43.6 Å². The summed E-state index contributed by atoms with van der Waals surface area (Å²) in [6.07, 6.45) is 0. The van der Waals surface area contributed by atoms with Gasteiger partial charge in [0, 0.05) is 38.3 Å². The molecule has 0 amide bonds. The molecule has 0 bridgehead atoms. The molecule has 0 N–H and O–H groups in total. The lowest BCUT2D eigenvalue weighted by Crippen LogP contribution is -2.14. The summed E-state index contributed by atoms with van der Waals surface area (Å²) < 4.78 is 4.85. The molecule has 222 valence electrons. The van der Waals surface area contributed by atoms with Gasteiger partial charge in [-0.1, -0.05) is 123 Å². The number of aromatic nitrogens is 2. The van der Waals surface area contributed by atoms with Crippen LogP contribution >= 0.6 is 0 Å². The number of nitrogens with zero attached hydrogens (tertiary/aromatic N) is 2. The van der Waals surface area contributed by atoms with Crippen molar-refractivity contribution in [2.24, 2.45) is 0 Å². The van der Waals surface area contributed by atoms with E-state index in [0.29, 0.717) is 0 Å². The van der Waals surface area contributed by atoms with Crippen LogP contribution in [-0.2, 0) is 5.41 Å². The van der Waals surface area contributed by atoms with Crippen molar-refractivity contribution in [3.63, 3.8) is 0 Å². The second kappa shape index (κ2) is 9.57. The smallest absolute Gasteiger partial charge is 0.0547 e. The van der Waals surface area contributed by atoms with Gasteiger partial charge in [-0.05, 0) is 81.9 Å². The molecule has 2 heterocycles. The molecule has 1 aliphatic carbocycles. The maximum Gasteiger partial charge on any atom is 0.0547 e. The Balaban J connectivity index is 1.18. The average Bonchev–Trinajstić information content (AvgIpc) is 3.71. The zero-order valence-electron chi connectivity index (χ0n) is 26.4. The third kappa shape index (κ3) is 3.67. The van der Waals surface area contributed by atoms with Gasteiger partial charge in [0.25, 0.3) is 0 Å². The second-order valence-electron chi connectivity index (χ2n) is 13.4. The van der Waals surface area contributed by atoms with E-state index in [1.54, 1.807) is 0 Å². The first kappa shape index (κ1) is 26.4. The molecule has 0 saturated carbocycles. The lowest BCUT2D eigenvalue weighted by Gasteiger charge is -2.21. The molecule has 2 nitrogen and oxygen atoms in total. The zero-order valence-corrected chi connectivity index (χ0v) is 26.4. The molecular weight excluding hydrogens is 569 g/mol. The summed E-state index contributed by atoms with van der Waals surface area (Å²) in [7, 11) is 0. The Bertz CT molecular complexity index is 2660. The molecular formula is C45H32N2. The maximum atomic E-state index is 2.46. The first-order valence-electron chi connectivity index (χ1n) is 16.4. The van der Waals surface area contributed by atoms with Gasteiger partial charge in [-0.2, -0.15) is 0 Å². The highest BCUT2D eigenvalue weighted by Gasteiger charge is 2.35. The first-order valence-corrected chi connectivity index (χ1v) is 16.4. The summed E-state index contributed by atoms with van der Waals surface area (Å²) in [5.74, 6) is 0. The van der Waals surface area contributed by atoms with Gasteiger partial charge >= 0.3 is 0 Å². The molecule has 7 aromatic carbocycles. The van der Waals surface area contributed by atoms with Crippen LogP contribution in [0.15, 0.2) is 158 Å². The van der Waals surface area contributed by atoms with E-state index < -0.39 is 0 Å². The van der Waals surface area contributed by atoms with Gasteiger partial charge in [0.15, 0.2) is 0 Å². The van der Waals surface area contributed by atoms with E-state index in [4.69, 9.17) is 0 Å². The van der Waals surface area contributed by atoms with Crippen molar-refractivity contribution in [3.05, 3.63) is 169 Å². The largest absolute Gasteiger partial charge is 0.309 e. The van der Waals surface area contributed by atoms with E-state index in [1.807, 2.05) is 0 Å². The van der Waals surface area contributed by atoms with E-state index in [0.717, 1.165) is 0 Å². The van der Waals surface area contributed by atoms with Crippen LogP contribution < -0.4 is 0 Å². The third-order valence-corrected chi connectivity index (χ3v) is 10.5. The molecule has 47 heavy (non-hydrogen) atoms. The quantitative estimate of drug-likeness (QED) is 0.191. The topological polar surface area (TPSA) is 9.86 Å². The Kier molecular flexibility index (Phi) is 5.37. The standard InChI is InChI=1S/C45H32N2/c1-45(2)39-18-7-3-14-33(39)38-28-32(23-25-40(38)45)47-43-21-10-6-17-36(43)37-24-22-30(27-44(37)47)29-12-11-13-31(26-29)46-41-19-8-4-15-34(41)35-16-5-9-20-42(35)46/h3-28H,1-2H3. The molecule has 0 spiro atoms. The van der Waals surface area contributed by atoms with Crippen LogP contribution in [0.2, 0.25) is 0 Å². The molecule has 0 aliphatic heterocycles. The van der Waals surface area contributed by atoms with Gasteiger partial charge in [0.2, 0.25) is 0 Å². The van der Waals surface area contributed by atoms with E-state index in [1.165, 1.54) is 88.4 Å². The van der Waals surface area contributed by atoms with E-state index in [9.17, 15) is 0 Å². The summed E-state index contributed by atoms with van der Waals surface area (Å²) >= 11 is 0. The van der Waals surface area contributed by atoms with E-state index >= 15 is 0 Å². The Hall–Kier alpha value is -5.86. The Morgan fingerprint density at radius 1 is 0.362 bits per heavy atom. The summed E-state index contributed by atoms with van der Waals surface area (Å²) in [6, 6.07) is 58.2. The lowest BCUT2D eigenvalue weighted by atomic mass is 9.82. The van der Waals surface area contributed by atoms with Crippen LogP contribution in [0.4, 0.5) is 0 Å². The van der Waals surface area contributed by atoms with Crippen LogP contribution in [0, 0.1) is 0 Å². The molecule has 9 aromatic rings. The van der Waals surface area contributed by atoms with Gasteiger partial charge in [0.05, 0.1) is 22.1 Å². The first-order chi connectivity index (χ1) is 23.1. The summed E-state index contributed by atoms with van der Waals surface area (Å²) in [5, 5.41) is 5.10. The summed E-state index contributed by atoms with van der Waals surface area (Å²) in [4.78, 5) is 0. The minimum Gasteiger partial charge on any atom is -0.309 e. The monoisotopic (exact) mass is 600 g/mol. The van der Waals surface area contributed by atoms with Crippen LogP contribution in [-0.4, -0.2) is 9.13 Å². The summed E-state index contributed by atoms with van der Waals surface area (Å²) in [5.41, 5.74) is 15.1. The van der Waals surface area contributed by atoms with Crippen LogP contribution in [0.3, 0.4) is 0 Å². The average molecular weight is 601 g/mol. The predicted molar refractivity (Wildman–Crippen MR) is 198 cm³/mol. The number of hydrogen-bond acceptors (Lipinski definition) is 0. The molecule has 10 rings (SSSR count). The Morgan fingerprint density at radius 3 is 1.60 bits per heavy atom. The Labute approximate surface area is 273 Å². The van der Waals surface area contributed by atoms with Crippen molar-refractivity contribution in [2.75, 3.05) is 0 Å². The van der Waals surface area contributed by atoms with Crippen molar-refractivity contribution in [2.45, 2.75) is 19.3 Å². The fourth-order valence-corrected chi connectivity index (χ4v) is 8.30. The normalized spacial score (nSPS) is 13.5. The molecule has 0 radical (unpaired) electrons. The van der Waals surface area contributed by atoms with Gasteiger partial charge in [0.1, 0.15) is 0 Å². The summed E-state index contributed by atoms with van der Waals surface area (Å²) in [6.45, 7) is 4.69. The Morgan fingerprint density at radius 2 is 0.894 bits per heavy atom. The van der Waals surface area contributed by atoms with Crippen molar-refractivity contribution in [1.82, 2.24) is 9.13 Å². The number of rotatable bonds is 3. The van der Waals surface area contributed by atoms with Gasteiger partial charge in [-0.25, -0.2) is 0 Å². The number of para-hydroxylation sites is 3. The minimum atomic E-state index is -0.0141. The van der Waals surface area contributed by atoms with Crippen LogP contribution in [0.5, 0.6) is 0 Å². The SMILES string of the molecule is CC1(C)c2ccccc2-c2cc(-n3c4ccccc4c4ccc(-c5cccc(-n6c7ccccc7c7ccccc76)c5)cc43)ccc21. The highest BCUT2D eigenvalue weighted by molar-refractivity contribution is 6.11. The molecule has 2 aromatic heterocycles. The third-order valence-electron chi connectivity index (χ3n) is 10.5. The highest BCUT2D eigenvalue weighted by Crippen LogP contribution is 2.49. The van der Waals surface area contributed by atoms with Gasteiger partial charge in [-0.15, -0.1) is 0 Å². The fourth-order valence-electron chi connectivity index (χ4n) is 8.30. The van der Waals surface area contributed by atoms with Crippen LogP contribution in [0.25, 0.3) is 77.2 Å². The maximum absolute atomic E-state index is 2.46.